The average molecular weight is 254 g/mol. The molecule has 94 valence electrons. The summed E-state index contributed by atoms with van der Waals surface area (Å²) < 4.78 is 13.4. The molecule has 0 aromatic heterocycles. The topological polar surface area (TPSA) is 52.9 Å². The van der Waals surface area contributed by atoms with Crippen LogP contribution in [0.3, 0.4) is 0 Å². The van der Waals surface area contributed by atoms with Gasteiger partial charge >= 0.3 is 0 Å². The fourth-order valence-corrected chi connectivity index (χ4v) is 1.67. The normalized spacial score (nSPS) is 9.68. The molecule has 1 N–H and O–H groups in total. The van der Waals surface area contributed by atoms with E-state index >= 15 is 0 Å². The van der Waals surface area contributed by atoms with Crippen LogP contribution in [0.15, 0.2) is 48.5 Å². The van der Waals surface area contributed by atoms with E-state index in [2.05, 4.69) is 5.32 Å². The first-order valence-corrected chi connectivity index (χ1v) is 5.72. The molecule has 0 heterocycles. The fourth-order valence-electron chi connectivity index (χ4n) is 1.67. The van der Waals surface area contributed by atoms with Crippen molar-refractivity contribution in [2.24, 2.45) is 0 Å². The maximum atomic E-state index is 13.4. The molecule has 2 aromatic rings. The Kier molecular flexibility index (Phi) is 3.89. The maximum absolute atomic E-state index is 13.4. The number of carbonyl (C=O) groups excluding carboxylic acids is 1. The standard InChI is InChI=1S/C15H11FN2O/c16-14-7-2-1-6-13(14)15(19)18-10-12-5-3-4-11(8-12)9-17/h1-8H,10H2,(H,18,19). The van der Waals surface area contributed by atoms with E-state index in [9.17, 15) is 9.18 Å². The first-order valence-electron chi connectivity index (χ1n) is 5.72. The summed E-state index contributed by atoms with van der Waals surface area (Å²) in [5, 5.41) is 11.4. The first kappa shape index (κ1) is 12.8. The molecule has 0 spiro atoms. The molecular weight excluding hydrogens is 243 g/mol. The van der Waals surface area contributed by atoms with Crippen LogP contribution in [0.25, 0.3) is 0 Å². The van der Waals surface area contributed by atoms with E-state index < -0.39 is 11.7 Å². The minimum atomic E-state index is -0.550. The smallest absolute Gasteiger partial charge is 0.254 e. The lowest BCUT2D eigenvalue weighted by atomic mass is 10.1. The third-order valence-electron chi connectivity index (χ3n) is 2.63. The zero-order valence-electron chi connectivity index (χ0n) is 10.1. The Bertz CT molecular complexity index is 647. The lowest BCUT2D eigenvalue weighted by molar-refractivity contribution is 0.0947. The maximum Gasteiger partial charge on any atom is 0.254 e. The Hall–Kier alpha value is -2.67. The van der Waals surface area contributed by atoms with Gasteiger partial charge in [-0.3, -0.25) is 4.79 Å². The van der Waals surface area contributed by atoms with E-state index in [0.29, 0.717) is 5.56 Å². The van der Waals surface area contributed by atoms with Crippen molar-refractivity contribution in [2.45, 2.75) is 6.54 Å². The SMILES string of the molecule is N#Cc1cccc(CNC(=O)c2ccccc2F)c1. The van der Waals surface area contributed by atoms with Crippen molar-refractivity contribution in [3.05, 3.63) is 71.0 Å². The molecule has 0 atom stereocenters. The van der Waals surface area contributed by atoms with Crippen LogP contribution in [-0.4, -0.2) is 5.91 Å². The van der Waals surface area contributed by atoms with Gasteiger partial charge in [0, 0.05) is 6.54 Å². The molecule has 4 heteroatoms. The molecule has 0 radical (unpaired) electrons. The molecule has 0 saturated carbocycles. The summed E-state index contributed by atoms with van der Waals surface area (Å²) in [4.78, 5) is 11.8. The monoisotopic (exact) mass is 254 g/mol. The molecule has 2 rings (SSSR count). The Morgan fingerprint density at radius 3 is 2.74 bits per heavy atom. The highest BCUT2D eigenvalue weighted by Crippen LogP contribution is 2.07. The second kappa shape index (κ2) is 5.78. The van der Waals surface area contributed by atoms with Gasteiger partial charge in [-0.25, -0.2) is 4.39 Å². The van der Waals surface area contributed by atoms with Gasteiger partial charge in [-0.05, 0) is 29.8 Å². The highest BCUT2D eigenvalue weighted by atomic mass is 19.1. The molecule has 1 amide bonds. The zero-order valence-corrected chi connectivity index (χ0v) is 10.1. The van der Waals surface area contributed by atoms with E-state index in [4.69, 9.17) is 5.26 Å². The van der Waals surface area contributed by atoms with Gasteiger partial charge in [0.2, 0.25) is 0 Å². The molecule has 0 bridgehead atoms. The van der Waals surface area contributed by atoms with Crippen LogP contribution in [0.4, 0.5) is 4.39 Å². The number of amides is 1. The van der Waals surface area contributed by atoms with Crippen molar-refractivity contribution >= 4 is 5.91 Å². The molecule has 0 fully saturated rings. The quantitative estimate of drug-likeness (QED) is 0.915. The second-order valence-corrected chi connectivity index (χ2v) is 3.97. The zero-order chi connectivity index (χ0) is 13.7. The van der Waals surface area contributed by atoms with Crippen LogP contribution in [0.5, 0.6) is 0 Å². The van der Waals surface area contributed by atoms with E-state index in [0.717, 1.165) is 5.56 Å². The summed E-state index contributed by atoms with van der Waals surface area (Å²) in [6.07, 6.45) is 0. The largest absolute Gasteiger partial charge is 0.348 e. The molecule has 0 aliphatic heterocycles. The van der Waals surface area contributed by atoms with E-state index in [1.807, 2.05) is 6.07 Å². The Labute approximate surface area is 110 Å². The van der Waals surface area contributed by atoms with E-state index in [1.54, 1.807) is 30.3 Å². The van der Waals surface area contributed by atoms with Crippen LogP contribution in [0.1, 0.15) is 21.5 Å². The number of nitrogens with zero attached hydrogens (tertiary/aromatic N) is 1. The van der Waals surface area contributed by atoms with Crippen molar-refractivity contribution in [1.29, 1.82) is 5.26 Å². The molecular formula is C15H11FN2O. The minimum Gasteiger partial charge on any atom is -0.348 e. The van der Waals surface area contributed by atoms with Crippen LogP contribution in [0.2, 0.25) is 0 Å². The summed E-state index contributed by atoms with van der Waals surface area (Å²) in [5.74, 6) is -1.02. The van der Waals surface area contributed by atoms with Crippen LogP contribution < -0.4 is 5.32 Å². The lowest BCUT2D eigenvalue weighted by Crippen LogP contribution is -2.23. The van der Waals surface area contributed by atoms with Gasteiger partial charge in [-0.1, -0.05) is 24.3 Å². The van der Waals surface area contributed by atoms with E-state index in [-0.39, 0.29) is 12.1 Å². The molecule has 0 aliphatic rings. The van der Waals surface area contributed by atoms with Crippen molar-refractivity contribution in [2.75, 3.05) is 0 Å². The predicted molar refractivity (Wildman–Crippen MR) is 68.7 cm³/mol. The molecule has 0 unspecified atom stereocenters. The molecule has 0 saturated heterocycles. The Morgan fingerprint density at radius 2 is 2.00 bits per heavy atom. The van der Waals surface area contributed by atoms with Gasteiger partial charge in [-0.2, -0.15) is 5.26 Å². The van der Waals surface area contributed by atoms with Crippen LogP contribution in [-0.2, 0) is 6.54 Å². The van der Waals surface area contributed by atoms with Gasteiger partial charge in [0.1, 0.15) is 5.82 Å². The highest BCUT2D eigenvalue weighted by Gasteiger charge is 2.09. The van der Waals surface area contributed by atoms with Gasteiger partial charge in [0.15, 0.2) is 0 Å². The van der Waals surface area contributed by atoms with Gasteiger partial charge in [-0.15, -0.1) is 0 Å². The third-order valence-corrected chi connectivity index (χ3v) is 2.63. The number of hydrogen-bond donors (Lipinski definition) is 1. The van der Waals surface area contributed by atoms with Gasteiger partial charge < -0.3 is 5.32 Å². The van der Waals surface area contributed by atoms with Crippen LogP contribution in [0, 0.1) is 17.1 Å². The lowest BCUT2D eigenvalue weighted by Gasteiger charge is -2.06. The van der Waals surface area contributed by atoms with Gasteiger partial charge in [0.05, 0.1) is 17.2 Å². The number of benzene rings is 2. The Morgan fingerprint density at radius 1 is 1.21 bits per heavy atom. The molecule has 0 aliphatic carbocycles. The van der Waals surface area contributed by atoms with Crippen LogP contribution >= 0.6 is 0 Å². The number of nitriles is 1. The molecule has 2 aromatic carbocycles. The first-order chi connectivity index (χ1) is 9.20. The third kappa shape index (κ3) is 3.17. The van der Waals surface area contributed by atoms with Crippen molar-refractivity contribution < 1.29 is 9.18 Å². The highest BCUT2D eigenvalue weighted by molar-refractivity contribution is 5.94. The van der Waals surface area contributed by atoms with Crippen molar-refractivity contribution in [3.8, 4) is 6.07 Å². The van der Waals surface area contributed by atoms with Crippen molar-refractivity contribution in [1.82, 2.24) is 5.32 Å². The molecule has 19 heavy (non-hydrogen) atoms. The predicted octanol–water partition coefficient (Wildman–Crippen LogP) is 2.63. The minimum absolute atomic E-state index is 0.0129. The summed E-state index contributed by atoms with van der Waals surface area (Å²) in [6.45, 7) is 0.253. The number of hydrogen-bond acceptors (Lipinski definition) is 2. The average Bonchev–Trinajstić information content (AvgIpc) is 2.45. The second-order valence-electron chi connectivity index (χ2n) is 3.97. The summed E-state index contributed by atoms with van der Waals surface area (Å²) >= 11 is 0. The number of rotatable bonds is 3. The van der Waals surface area contributed by atoms with E-state index in [1.165, 1.54) is 18.2 Å². The molecule has 3 nitrogen and oxygen atoms in total. The van der Waals surface area contributed by atoms with Crippen molar-refractivity contribution in [3.63, 3.8) is 0 Å². The van der Waals surface area contributed by atoms with Gasteiger partial charge in [0.25, 0.3) is 5.91 Å². The Balaban J connectivity index is 2.05. The number of nitrogens with one attached hydrogen (secondary N) is 1. The number of carbonyl (C=O) groups is 1. The summed E-state index contributed by atoms with van der Waals surface area (Å²) in [6, 6.07) is 14.7. The summed E-state index contributed by atoms with van der Waals surface area (Å²) in [7, 11) is 0. The number of halogens is 1. The summed E-state index contributed by atoms with van der Waals surface area (Å²) in [5.41, 5.74) is 1.33. The fraction of sp³-hybridized carbons (Fsp3) is 0.0667.